The second-order valence-corrected chi connectivity index (χ2v) is 14.8. The van der Waals surface area contributed by atoms with Gasteiger partial charge in [-0.2, -0.15) is 0 Å². The molecule has 6 nitrogen and oxygen atoms in total. The van der Waals surface area contributed by atoms with E-state index < -0.39 is 13.1 Å². The van der Waals surface area contributed by atoms with E-state index in [-0.39, 0.29) is 0 Å². The summed E-state index contributed by atoms with van der Waals surface area (Å²) >= 11 is 0. The Kier molecular flexibility index (Phi) is 8.36. The second-order valence-electron chi connectivity index (χ2n) is 10.4. The number of nitrogens with two attached hydrogens (primary N) is 1. The van der Waals surface area contributed by atoms with E-state index >= 15 is 4.20 Å². The number of guanidine groups is 2. The molecular formula is C33H37FN5OP. The average Bonchev–Trinajstić information content (AvgIpc) is 3.02. The fourth-order valence-electron chi connectivity index (χ4n) is 5.32. The van der Waals surface area contributed by atoms with Crippen LogP contribution in [0.1, 0.15) is 24.6 Å². The molecule has 3 N–H and O–H groups in total. The smallest absolute Gasteiger partial charge is 0.370 e. The van der Waals surface area contributed by atoms with Crippen LogP contribution >= 0.6 is 6.91 Å². The van der Waals surface area contributed by atoms with Gasteiger partial charge >= 0.3 is 212 Å². The molecule has 1 aliphatic heterocycles. The molecule has 0 aromatic heterocycles. The van der Waals surface area contributed by atoms with Crippen LogP contribution < -0.4 is 31.7 Å². The van der Waals surface area contributed by atoms with Gasteiger partial charge in [-0.15, -0.1) is 0 Å². The number of aliphatic imine (C=N–C) groups is 2. The van der Waals surface area contributed by atoms with E-state index in [0.717, 1.165) is 33.6 Å². The van der Waals surface area contributed by atoms with Gasteiger partial charge in [0.05, 0.1) is 0 Å². The summed E-state index contributed by atoms with van der Waals surface area (Å²) in [5, 5.41) is 5.24. The third-order valence-corrected chi connectivity index (χ3v) is 12.8. The first-order valence-corrected chi connectivity index (χ1v) is 16.2. The summed E-state index contributed by atoms with van der Waals surface area (Å²) < 4.78 is 24.6. The maximum absolute atomic E-state index is 18.5. The van der Waals surface area contributed by atoms with Crippen LogP contribution in [0.15, 0.2) is 125 Å². The molecule has 5 rings (SSSR count). The van der Waals surface area contributed by atoms with Gasteiger partial charge in [0.15, 0.2) is 0 Å². The van der Waals surface area contributed by atoms with Crippen LogP contribution in [0.2, 0.25) is 0 Å². The Morgan fingerprint density at radius 1 is 0.756 bits per heavy atom. The van der Waals surface area contributed by atoms with E-state index in [1.54, 1.807) is 0 Å². The standard InChI is InChI=1S/C33H37FN5OP/c1-39(2)33-37-31(36-32(35)38-33)26-20-22-27(23-21-26)40-24-12-13-25-41(34,28-14-6-3-7-15-28,29-16-8-4-9-17-29)30-18-10-5-11-19-30/h3-11,14-23,31H,12-13,24-25H2,1-2H3,(H3,35,36,37,38). The Labute approximate surface area is 241 Å². The van der Waals surface area contributed by atoms with Crippen LogP contribution in [-0.4, -0.2) is 43.7 Å². The van der Waals surface area contributed by atoms with E-state index in [4.69, 9.17) is 10.5 Å². The molecule has 41 heavy (non-hydrogen) atoms. The number of rotatable bonds is 10. The van der Waals surface area contributed by atoms with Crippen molar-refractivity contribution in [1.29, 1.82) is 0 Å². The predicted octanol–water partition coefficient (Wildman–Crippen LogP) is 5.09. The summed E-state index contributed by atoms with van der Waals surface area (Å²) in [6.45, 7) is -3.72. The SMILES string of the molecule is CN(C)C1=NC(c2ccc(OCCCCP(F)(c3ccccc3)(c3ccccc3)c3ccccc3)cc2)N=C(N)N1. The molecule has 0 radical (unpaired) electrons. The van der Waals surface area contributed by atoms with Gasteiger partial charge < -0.3 is 10.6 Å². The summed E-state index contributed by atoms with van der Waals surface area (Å²) in [6, 6.07) is 36.9. The fraction of sp³-hybridized carbons (Fsp3) is 0.212. The minimum atomic E-state index is -4.21. The predicted molar refractivity (Wildman–Crippen MR) is 171 cm³/mol. The molecule has 212 valence electrons. The topological polar surface area (TPSA) is 75.2 Å². The minimum Gasteiger partial charge on any atom is -0.370 e. The molecule has 0 fully saturated rings. The Balaban J connectivity index is 1.30. The normalized spacial score (nSPS) is 16.0. The zero-order valence-corrected chi connectivity index (χ0v) is 24.4. The molecule has 8 heteroatoms. The third kappa shape index (κ3) is 5.82. The van der Waals surface area contributed by atoms with Crippen molar-refractivity contribution in [3.63, 3.8) is 0 Å². The van der Waals surface area contributed by atoms with Gasteiger partial charge in [0.1, 0.15) is 0 Å². The van der Waals surface area contributed by atoms with Crippen molar-refractivity contribution in [3.05, 3.63) is 121 Å². The Morgan fingerprint density at radius 3 is 1.76 bits per heavy atom. The number of halogens is 1. The molecule has 1 aliphatic rings. The Hall–Kier alpha value is -4.22. The van der Waals surface area contributed by atoms with Gasteiger partial charge in [-0.05, 0) is 0 Å². The van der Waals surface area contributed by atoms with Crippen molar-refractivity contribution >= 4 is 34.7 Å². The number of nitrogens with one attached hydrogen (secondary N) is 1. The van der Waals surface area contributed by atoms with Gasteiger partial charge in [0.2, 0.25) is 0 Å². The molecule has 0 amide bonds. The fourth-order valence-corrected chi connectivity index (χ4v) is 10.2. The quantitative estimate of drug-likeness (QED) is 0.206. The summed E-state index contributed by atoms with van der Waals surface area (Å²) in [5.74, 6) is 1.75. The van der Waals surface area contributed by atoms with Crippen LogP contribution in [0.3, 0.4) is 0 Å². The molecule has 4 aromatic rings. The number of ether oxygens (including phenoxy) is 1. The van der Waals surface area contributed by atoms with Gasteiger partial charge in [-0.25, -0.2) is 0 Å². The van der Waals surface area contributed by atoms with Gasteiger partial charge in [-0.1, -0.05) is 0 Å². The van der Waals surface area contributed by atoms with Crippen LogP contribution in [0.5, 0.6) is 5.75 Å². The van der Waals surface area contributed by atoms with Crippen molar-refractivity contribution in [2.75, 3.05) is 26.9 Å². The first-order valence-electron chi connectivity index (χ1n) is 13.9. The zero-order chi connectivity index (χ0) is 28.7. The van der Waals surface area contributed by atoms with Crippen LogP contribution in [0.4, 0.5) is 4.20 Å². The minimum absolute atomic E-state index is 0.334. The van der Waals surface area contributed by atoms with Crippen molar-refractivity contribution < 1.29 is 8.93 Å². The number of benzene rings is 4. The van der Waals surface area contributed by atoms with Crippen LogP contribution in [-0.2, 0) is 0 Å². The molecule has 1 heterocycles. The van der Waals surface area contributed by atoms with Crippen LogP contribution in [0, 0.1) is 0 Å². The molecule has 0 bridgehead atoms. The monoisotopic (exact) mass is 569 g/mol. The van der Waals surface area contributed by atoms with E-state index in [1.165, 1.54) is 0 Å². The number of nitrogens with zero attached hydrogens (tertiary/aromatic N) is 3. The van der Waals surface area contributed by atoms with E-state index in [9.17, 15) is 0 Å². The van der Waals surface area contributed by atoms with Crippen molar-refractivity contribution in [2.45, 2.75) is 19.0 Å². The van der Waals surface area contributed by atoms with E-state index in [0.29, 0.717) is 31.1 Å². The third-order valence-electron chi connectivity index (χ3n) is 7.47. The summed E-state index contributed by atoms with van der Waals surface area (Å²) in [4.78, 5) is 10.9. The van der Waals surface area contributed by atoms with Gasteiger partial charge in [0.25, 0.3) is 0 Å². The van der Waals surface area contributed by atoms with Crippen molar-refractivity contribution in [3.8, 4) is 5.75 Å². The Morgan fingerprint density at radius 2 is 1.27 bits per heavy atom. The first-order chi connectivity index (χ1) is 19.9. The van der Waals surface area contributed by atoms with Crippen LogP contribution in [0.25, 0.3) is 0 Å². The van der Waals surface area contributed by atoms with Crippen molar-refractivity contribution in [2.24, 2.45) is 15.7 Å². The molecular weight excluding hydrogens is 532 g/mol. The number of hydrogen-bond acceptors (Lipinski definition) is 6. The van der Waals surface area contributed by atoms with E-state index in [1.807, 2.05) is 134 Å². The van der Waals surface area contributed by atoms with Crippen molar-refractivity contribution in [1.82, 2.24) is 10.2 Å². The molecule has 0 aliphatic carbocycles. The molecule has 1 atom stereocenters. The Bertz CT molecular complexity index is 1400. The second kappa shape index (κ2) is 12.1. The summed E-state index contributed by atoms with van der Waals surface area (Å²) in [6.07, 6.45) is 1.40. The van der Waals surface area contributed by atoms with E-state index in [2.05, 4.69) is 15.3 Å². The summed E-state index contributed by atoms with van der Waals surface area (Å²) in [7, 11) is 3.80. The average molecular weight is 570 g/mol. The van der Waals surface area contributed by atoms with Gasteiger partial charge in [-0.3, -0.25) is 5.32 Å². The zero-order valence-electron chi connectivity index (χ0n) is 23.5. The maximum atomic E-state index is 18.5. The molecule has 4 aromatic carbocycles. The first kappa shape index (κ1) is 28.3. The van der Waals surface area contributed by atoms with Gasteiger partial charge in [0, 0.05) is 14.1 Å². The molecule has 0 saturated carbocycles. The molecule has 0 spiro atoms. The molecule has 0 saturated heterocycles. The summed E-state index contributed by atoms with van der Waals surface area (Å²) in [5.41, 5.74) is 6.87. The number of hydrogen-bond donors (Lipinski definition) is 2. The number of unbranched alkanes of at least 4 members (excludes halogenated alkanes) is 1. The molecule has 1 unspecified atom stereocenters.